The Morgan fingerprint density at radius 2 is 2.19 bits per heavy atom. The van der Waals surface area contributed by atoms with Gasteiger partial charge in [-0.1, -0.05) is 13.3 Å². The lowest BCUT2D eigenvalue weighted by atomic mass is 9.74. The summed E-state index contributed by atoms with van der Waals surface area (Å²) < 4.78 is 1.83. The third kappa shape index (κ3) is 2.43. The maximum Gasteiger partial charge on any atom is 0.138 e. The molecule has 0 radical (unpaired) electrons. The molecule has 2 N–H and O–H groups in total. The van der Waals surface area contributed by atoms with Crippen LogP contribution < -0.4 is 5.73 Å². The third-order valence-corrected chi connectivity index (χ3v) is 3.99. The van der Waals surface area contributed by atoms with Crippen molar-refractivity contribution in [1.29, 1.82) is 0 Å². The molecule has 4 nitrogen and oxygen atoms in total. The lowest BCUT2D eigenvalue weighted by Gasteiger charge is -2.36. The topological polar surface area (TPSA) is 56.7 Å². The lowest BCUT2D eigenvalue weighted by Crippen LogP contribution is -2.45. The van der Waals surface area contributed by atoms with Crippen LogP contribution in [0.4, 0.5) is 0 Å². The van der Waals surface area contributed by atoms with Crippen molar-refractivity contribution in [3.8, 4) is 0 Å². The lowest BCUT2D eigenvalue weighted by molar-refractivity contribution is 0.224. The highest BCUT2D eigenvalue weighted by Crippen LogP contribution is 2.33. The van der Waals surface area contributed by atoms with Crippen molar-refractivity contribution in [3.05, 3.63) is 12.2 Å². The summed E-state index contributed by atoms with van der Waals surface area (Å²) in [6.45, 7) is 2.27. The normalized spacial score (nSPS) is 30.6. The summed E-state index contributed by atoms with van der Waals surface area (Å²) in [6.07, 6.45) is 8.54. The van der Waals surface area contributed by atoms with Crippen molar-refractivity contribution in [2.24, 2.45) is 18.7 Å². The van der Waals surface area contributed by atoms with Crippen molar-refractivity contribution in [2.75, 3.05) is 0 Å². The van der Waals surface area contributed by atoms with E-state index in [1.54, 1.807) is 6.33 Å². The van der Waals surface area contributed by atoms with E-state index in [2.05, 4.69) is 17.0 Å². The number of nitrogens with zero attached hydrogens (tertiary/aromatic N) is 3. The molecule has 1 fully saturated rings. The summed E-state index contributed by atoms with van der Waals surface area (Å²) in [6, 6.07) is 0. The molecule has 1 aliphatic rings. The Labute approximate surface area is 97.2 Å². The van der Waals surface area contributed by atoms with E-state index in [1.807, 2.05) is 11.7 Å². The minimum Gasteiger partial charge on any atom is -0.325 e. The van der Waals surface area contributed by atoms with E-state index in [1.165, 1.54) is 19.3 Å². The van der Waals surface area contributed by atoms with Gasteiger partial charge in [-0.15, -0.1) is 0 Å². The summed E-state index contributed by atoms with van der Waals surface area (Å²) in [5, 5.41) is 4.09. The van der Waals surface area contributed by atoms with Crippen molar-refractivity contribution >= 4 is 0 Å². The van der Waals surface area contributed by atoms with Crippen LogP contribution in [0, 0.1) is 5.92 Å². The summed E-state index contributed by atoms with van der Waals surface area (Å²) >= 11 is 0. The van der Waals surface area contributed by atoms with Crippen molar-refractivity contribution < 1.29 is 0 Å². The molecule has 1 aliphatic carbocycles. The number of aryl methyl sites for hydroxylation is 1. The second-order valence-electron chi connectivity index (χ2n) is 5.19. The molecule has 90 valence electrons. The molecule has 2 rings (SSSR count). The second-order valence-corrected chi connectivity index (χ2v) is 5.19. The third-order valence-electron chi connectivity index (χ3n) is 3.99. The second kappa shape index (κ2) is 4.53. The molecular formula is C12H22N4. The van der Waals surface area contributed by atoms with Gasteiger partial charge in [0.1, 0.15) is 12.2 Å². The van der Waals surface area contributed by atoms with Gasteiger partial charge in [-0.05, 0) is 31.6 Å². The Hall–Kier alpha value is -0.900. The van der Waals surface area contributed by atoms with Crippen LogP contribution in [0.25, 0.3) is 0 Å². The van der Waals surface area contributed by atoms with E-state index in [-0.39, 0.29) is 5.54 Å². The van der Waals surface area contributed by atoms with Crippen molar-refractivity contribution in [3.63, 3.8) is 0 Å². The maximum absolute atomic E-state index is 6.45. The molecule has 1 saturated carbocycles. The SMILES string of the molecule is CCC1CCC(N)(Cc2ncnn2C)CC1. The van der Waals surface area contributed by atoms with Crippen molar-refractivity contribution in [2.45, 2.75) is 51.0 Å². The van der Waals surface area contributed by atoms with Gasteiger partial charge in [0.15, 0.2) is 0 Å². The molecule has 0 aromatic carbocycles. The first-order chi connectivity index (χ1) is 7.63. The van der Waals surface area contributed by atoms with Gasteiger partial charge in [-0.25, -0.2) is 4.98 Å². The van der Waals surface area contributed by atoms with Gasteiger partial charge < -0.3 is 5.73 Å². The van der Waals surface area contributed by atoms with Gasteiger partial charge in [-0.2, -0.15) is 5.10 Å². The van der Waals surface area contributed by atoms with Crippen LogP contribution in [-0.2, 0) is 13.5 Å². The van der Waals surface area contributed by atoms with Crippen LogP contribution in [0.1, 0.15) is 44.9 Å². The molecule has 0 amide bonds. The molecule has 0 spiro atoms. The Kier molecular flexibility index (Phi) is 3.28. The molecule has 1 aromatic rings. The summed E-state index contributed by atoms with van der Waals surface area (Å²) in [7, 11) is 1.93. The first-order valence-electron chi connectivity index (χ1n) is 6.25. The van der Waals surface area contributed by atoms with Gasteiger partial charge in [0.2, 0.25) is 0 Å². The van der Waals surface area contributed by atoms with E-state index in [9.17, 15) is 0 Å². The monoisotopic (exact) mass is 222 g/mol. The van der Waals surface area contributed by atoms with Crippen LogP contribution >= 0.6 is 0 Å². The molecule has 4 heteroatoms. The largest absolute Gasteiger partial charge is 0.325 e. The number of rotatable bonds is 3. The first kappa shape index (κ1) is 11.6. The van der Waals surface area contributed by atoms with Crippen LogP contribution in [0.3, 0.4) is 0 Å². The first-order valence-corrected chi connectivity index (χ1v) is 6.25. The number of hydrogen-bond donors (Lipinski definition) is 1. The zero-order valence-corrected chi connectivity index (χ0v) is 10.3. The van der Waals surface area contributed by atoms with Gasteiger partial charge in [-0.3, -0.25) is 4.68 Å². The fourth-order valence-electron chi connectivity index (χ4n) is 2.63. The van der Waals surface area contributed by atoms with E-state index in [0.29, 0.717) is 0 Å². The van der Waals surface area contributed by atoms with Crippen LogP contribution in [0.5, 0.6) is 0 Å². The summed E-state index contributed by atoms with van der Waals surface area (Å²) in [5.41, 5.74) is 6.41. The summed E-state index contributed by atoms with van der Waals surface area (Å²) in [5.74, 6) is 1.90. The average Bonchev–Trinajstić information content (AvgIpc) is 2.65. The molecule has 0 aliphatic heterocycles. The number of nitrogens with two attached hydrogens (primary N) is 1. The van der Waals surface area contributed by atoms with E-state index >= 15 is 0 Å². The highest BCUT2D eigenvalue weighted by molar-refractivity contribution is 4.99. The van der Waals surface area contributed by atoms with Gasteiger partial charge in [0.25, 0.3) is 0 Å². The predicted octanol–water partition coefficient (Wildman–Crippen LogP) is 1.66. The maximum atomic E-state index is 6.45. The Morgan fingerprint density at radius 3 is 2.69 bits per heavy atom. The zero-order valence-electron chi connectivity index (χ0n) is 10.3. The van der Waals surface area contributed by atoms with E-state index in [0.717, 1.165) is 31.0 Å². The fourth-order valence-corrected chi connectivity index (χ4v) is 2.63. The number of hydrogen-bond acceptors (Lipinski definition) is 3. The standard InChI is InChI=1S/C12H22N4/c1-3-10-4-6-12(13,7-5-10)8-11-14-9-15-16(11)2/h9-10H,3-8,13H2,1-2H3. The van der Waals surface area contributed by atoms with Crippen LogP contribution in [-0.4, -0.2) is 20.3 Å². The fraction of sp³-hybridized carbons (Fsp3) is 0.833. The molecule has 1 aromatic heterocycles. The minimum absolute atomic E-state index is 0.0491. The average molecular weight is 222 g/mol. The van der Waals surface area contributed by atoms with Crippen molar-refractivity contribution in [1.82, 2.24) is 14.8 Å². The van der Waals surface area contributed by atoms with Crippen LogP contribution in [0.15, 0.2) is 6.33 Å². The molecule has 0 saturated heterocycles. The highest BCUT2D eigenvalue weighted by Gasteiger charge is 2.32. The Balaban J connectivity index is 1.97. The van der Waals surface area contributed by atoms with Gasteiger partial charge in [0.05, 0.1) is 0 Å². The highest BCUT2D eigenvalue weighted by atomic mass is 15.3. The Bertz CT molecular complexity index is 337. The predicted molar refractivity (Wildman–Crippen MR) is 63.9 cm³/mol. The summed E-state index contributed by atoms with van der Waals surface area (Å²) in [4.78, 5) is 4.27. The molecule has 1 heterocycles. The Morgan fingerprint density at radius 1 is 1.50 bits per heavy atom. The molecule has 0 unspecified atom stereocenters. The molecule has 0 bridgehead atoms. The van der Waals surface area contributed by atoms with Gasteiger partial charge >= 0.3 is 0 Å². The smallest absolute Gasteiger partial charge is 0.138 e. The van der Waals surface area contributed by atoms with E-state index in [4.69, 9.17) is 5.73 Å². The zero-order chi connectivity index (χ0) is 11.6. The van der Waals surface area contributed by atoms with Gasteiger partial charge in [0, 0.05) is 19.0 Å². The quantitative estimate of drug-likeness (QED) is 0.846. The molecule has 16 heavy (non-hydrogen) atoms. The van der Waals surface area contributed by atoms with E-state index < -0.39 is 0 Å². The van der Waals surface area contributed by atoms with Crippen LogP contribution in [0.2, 0.25) is 0 Å². The minimum atomic E-state index is -0.0491. The molecule has 0 atom stereocenters. The number of aromatic nitrogens is 3. The molecular weight excluding hydrogens is 200 g/mol.